The minimum atomic E-state index is 0.739. The van der Waals surface area contributed by atoms with Crippen molar-refractivity contribution in [2.45, 2.75) is 33.2 Å². The van der Waals surface area contributed by atoms with Gasteiger partial charge in [-0.3, -0.25) is 4.90 Å². The van der Waals surface area contributed by atoms with Gasteiger partial charge < -0.3 is 10.2 Å². The number of furan rings is 1. The lowest BCUT2D eigenvalue weighted by Gasteiger charge is -2.31. The fourth-order valence-corrected chi connectivity index (χ4v) is 2.46. The van der Waals surface area contributed by atoms with Gasteiger partial charge in [0.1, 0.15) is 11.5 Å². The Labute approximate surface area is 97.6 Å². The second kappa shape index (κ2) is 5.02. The van der Waals surface area contributed by atoms with Crippen LogP contribution in [0.25, 0.3) is 0 Å². The van der Waals surface area contributed by atoms with Crippen molar-refractivity contribution in [3.05, 3.63) is 23.2 Å². The molecule has 0 unspecified atom stereocenters. The van der Waals surface area contributed by atoms with E-state index in [1.807, 2.05) is 6.92 Å². The molecular weight excluding hydrogens is 200 g/mol. The molecule has 1 aromatic rings. The van der Waals surface area contributed by atoms with E-state index in [0.717, 1.165) is 30.5 Å². The van der Waals surface area contributed by atoms with Crippen LogP contribution in [-0.4, -0.2) is 24.5 Å². The maximum atomic E-state index is 5.70. The fourth-order valence-electron chi connectivity index (χ4n) is 2.46. The summed E-state index contributed by atoms with van der Waals surface area (Å²) >= 11 is 0. The number of nitrogens with two attached hydrogens (primary N) is 1. The molecule has 90 valence electrons. The predicted octanol–water partition coefficient (Wildman–Crippen LogP) is 2.07. The first-order valence-electron chi connectivity index (χ1n) is 6.17. The van der Waals surface area contributed by atoms with Gasteiger partial charge in [0.05, 0.1) is 0 Å². The van der Waals surface area contributed by atoms with Gasteiger partial charge in [-0.15, -0.1) is 0 Å². The van der Waals surface area contributed by atoms with Crippen molar-refractivity contribution in [3.8, 4) is 0 Å². The minimum Gasteiger partial charge on any atom is -0.466 e. The summed E-state index contributed by atoms with van der Waals surface area (Å²) in [6.07, 6.45) is 2.48. The van der Waals surface area contributed by atoms with Gasteiger partial charge in [0.15, 0.2) is 0 Å². The molecule has 2 heterocycles. The van der Waals surface area contributed by atoms with Gasteiger partial charge in [-0.1, -0.05) is 0 Å². The Morgan fingerprint density at radius 2 is 2.06 bits per heavy atom. The molecule has 0 spiro atoms. The van der Waals surface area contributed by atoms with Crippen molar-refractivity contribution in [1.29, 1.82) is 0 Å². The number of rotatable bonds is 3. The van der Waals surface area contributed by atoms with Crippen LogP contribution in [0.3, 0.4) is 0 Å². The van der Waals surface area contributed by atoms with Crippen molar-refractivity contribution >= 4 is 0 Å². The Balaban J connectivity index is 1.89. The normalized spacial score (nSPS) is 19.2. The molecule has 1 aliphatic heterocycles. The van der Waals surface area contributed by atoms with Crippen LogP contribution in [0.2, 0.25) is 0 Å². The minimum absolute atomic E-state index is 0.739. The molecule has 1 saturated heterocycles. The molecule has 1 aliphatic rings. The van der Waals surface area contributed by atoms with Crippen LogP contribution in [0, 0.1) is 19.8 Å². The summed E-state index contributed by atoms with van der Waals surface area (Å²) in [7, 11) is 0. The Morgan fingerprint density at radius 3 is 2.56 bits per heavy atom. The van der Waals surface area contributed by atoms with Gasteiger partial charge in [-0.25, -0.2) is 0 Å². The van der Waals surface area contributed by atoms with Gasteiger partial charge in [0.25, 0.3) is 0 Å². The summed E-state index contributed by atoms with van der Waals surface area (Å²) in [5, 5.41) is 0. The molecular formula is C13H22N2O. The molecule has 0 atom stereocenters. The highest BCUT2D eigenvalue weighted by molar-refractivity contribution is 5.19. The Bertz CT molecular complexity index is 338. The van der Waals surface area contributed by atoms with Crippen LogP contribution >= 0.6 is 0 Å². The second-order valence-corrected chi connectivity index (χ2v) is 4.89. The summed E-state index contributed by atoms with van der Waals surface area (Å²) in [6, 6.07) is 2.16. The molecule has 0 radical (unpaired) electrons. The summed E-state index contributed by atoms with van der Waals surface area (Å²) in [4.78, 5) is 2.50. The molecule has 2 N–H and O–H groups in total. The van der Waals surface area contributed by atoms with Crippen LogP contribution in [-0.2, 0) is 6.54 Å². The topological polar surface area (TPSA) is 42.4 Å². The van der Waals surface area contributed by atoms with Crippen molar-refractivity contribution in [1.82, 2.24) is 4.90 Å². The molecule has 1 fully saturated rings. The maximum absolute atomic E-state index is 5.70. The van der Waals surface area contributed by atoms with E-state index in [-0.39, 0.29) is 0 Å². The van der Waals surface area contributed by atoms with Crippen molar-refractivity contribution in [2.24, 2.45) is 11.7 Å². The summed E-state index contributed by atoms with van der Waals surface area (Å²) < 4.78 is 5.55. The summed E-state index contributed by atoms with van der Waals surface area (Å²) in [5.41, 5.74) is 7.03. The highest BCUT2D eigenvalue weighted by atomic mass is 16.3. The van der Waals surface area contributed by atoms with Crippen LogP contribution in [0.5, 0.6) is 0 Å². The van der Waals surface area contributed by atoms with Gasteiger partial charge in [0, 0.05) is 12.1 Å². The van der Waals surface area contributed by atoms with Crippen molar-refractivity contribution in [3.63, 3.8) is 0 Å². The van der Waals surface area contributed by atoms with E-state index in [4.69, 9.17) is 10.2 Å². The maximum Gasteiger partial charge on any atom is 0.105 e. The lowest BCUT2D eigenvalue weighted by molar-refractivity contribution is 0.179. The van der Waals surface area contributed by atoms with Crippen molar-refractivity contribution < 1.29 is 4.42 Å². The third-order valence-corrected chi connectivity index (χ3v) is 3.58. The van der Waals surface area contributed by atoms with E-state index in [9.17, 15) is 0 Å². The van der Waals surface area contributed by atoms with E-state index in [1.54, 1.807) is 0 Å². The monoisotopic (exact) mass is 222 g/mol. The lowest BCUT2D eigenvalue weighted by atomic mass is 9.97. The Kier molecular flexibility index (Phi) is 3.66. The van der Waals surface area contributed by atoms with E-state index in [0.29, 0.717) is 0 Å². The molecule has 3 nitrogen and oxygen atoms in total. The predicted molar refractivity (Wildman–Crippen MR) is 65.2 cm³/mol. The van der Waals surface area contributed by atoms with E-state index in [2.05, 4.69) is 17.9 Å². The molecule has 16 heavy (non-hydrogen) atoms. The quantitative estimate of drug-likeness (QED) is 0.851. The number of likely N-dealkylation sites (tertiary alicyclic amines) is 1. The molecule has 2 rings (SSSR count). The van der Waals surface area contributed by atoms with Crippen molar-refractivity contribution in [2.75, 3.05) is 19.6 Å². The number of hydrogen-bond acceptors (Lipinski definition) is 3. The number of aryl methyl sites for hydroxylation is 2. The van der Waals surface area contributed by atoms with E-state index >= 15 is 0 Å². The third kappa shape index (κ3) is 2.66. The average molecular weight is 222 g/mol. The SMILES string of the molecule is Cc1cc(CN2CCC(CN)CC2)c(C)o1. The number of hydrogen-bond donors (Lipinski definition) is 1. The summed E-state index contributed by atoms with van der Waals surface area (Å²) in [5.74, 6) is 2.83. The zero-order valence-corrected chi connectivity index (χ0v) is 10.3. The molecule has 0 aromatic carbocycles. The van der Waals surface area contributed by atoms with Crippen LogP contribution in [0.1, 0.15) is 29.9 Å². The first kappa shape index (κ1) is 11.7. The average Bonchev–Trinajstić information content (AvgIpc) is 2.59. The zero-order chi connectivity index (χ0) is 11.5. The highest BCUT2D eigenvalue weighted by Gasteiger charge is 2.19. The highest BCUT2D eigenvalue weighted by Crippen LogP contribution is 2.20. The summed E-state index contributed by atoms with van der Waals surface area (Å²) in [6.45, 7) is 8.28. The molecule has 0 bridgehead atoms. The molecule has 0 saturated carbocycles. The second-order valence-electron chi connectivity index (χ2n) is 4.89. The first-order chi connectivity index (χ1) is 7.69. The van der Waals surface area contributed by atoms with E-state index < -0.39 is 0 Å². The van der Waals surface area contributed by atoms with Crippen LogP contribution < -0.4 is 5.73 Å². The molecule has 0 aliphatic carbocycles. The molecule has 3 heteroatoms. The molecule has 0 amide bonds. The van der Waals surface area contributed by atoms with Gasteiger partial charge in [-0.2, -0.15) is 0 Å². The van der Waals surface area contributed by atoms with E-state index in [1.165, 1.54) is 31.5 Å². The Hall–Kier alpha value is -0.800. The molecule has 1 aromatic heterocycles. The van der Waals surface area contributed by atoms with Gasteiger partial charge >= 0.3 is 0 Å². The third-order valence-electron chi connectivity index (χ3n) is 3.58. The largest absolute Gasteiger partial charge is 0.466 e. The smallest absolute Gasteiger partial charge is 0.105 e. The number of nitrogens with zero attached hydrogens (tertiary/aromatic N) is 1. The standard InChI is InChI=1S/C13H22N2O/c1-10-7-13(11(2)16-10)9-15-5-3-12(8-14)4-6-15/h7,12H,3-6,8-9,14H2,1-2H3. The van der Waals surface area contributed by atoms with Crippen LogP contribution in [0.4, 0.5) is 0 Å². The van der Waals surface area contributed by atoms with Gasteiger partial charge in [-0.05, 0) is 58.3 Å². The fraction of sp³-hybridized carbons (Fsp3) is 0.692. The zero-order valence-electron chi connectivity index (χ0n) is 10.3. The Morgan fingerprint density at radius 1 is 1.38 bits per heavy atom. The number of piperidine rings is 1. The first-order valence-corrected chi connectivity index (χ1v) is 6.17. The van der Waals surface area contributed by atoms with Gasteiger partial charge in [0.2, 0.25) is 0 Å². The van der Waals surface area contributed by atoms with Crippen LogP contribution in [0.15, 0.2) is 10.5 Å². The lowest BCUT2D eigenvalue weighted by Crippen LogP contribution is -2.35.